The molecule has 1 aromatic carbocycles. The van der Waals surface area contributed by atoms with Gasteiger partial charge < -0.3 is 15.1 Å². The Morgan fingerprint density at radius 3 is 2.63 bits per heavy atom. The molecule has 1 aliphatic heterocycles. The van der Waals surface area contributed by atoms with Crippen molar-refractivity contribution in [1.82, 2.24) is 9.80 Å². The molecule has 0 bridgehead atoms. The fourth-order valence-electron chi connectivity index (χ4n) is 1.98. The van der Waals surface area contributed by atoms with Gasteiger partial charge in [-0.05, 0) is 19.2 Å². The third kappa shape index (κ3) is 3.75. The van der Waals surface area contributed by atoms with Crippen molar-refractivity contribution < 1.29 is 4.79 Å². The lowest BCUT2D eigenvalue weighted by atomic mass is 10.3. The quantitative estimate of drug-likeness (QED) is 0.929. The van der Waals surface area contributed by atoms with Gasteiger partial charge >= 0.3 is 0 Å². The monoisotopic (exact) mass is 301 g/mol. The number of rotatable bonds is 3. The van der Waals surface area contributed by atoms with E-state index in [1.165, 1.54) is 0 Å². The highest BCUT2D eigenvalue weighted by Gasteiger charge is 2.18. The molecule has 104 valence electrons. The first-order valence-electron chi connectivity index (χ1n) is 6.22. The van der Waals surface area contributed by atoms with Gasteiger partial charge in [0.15, 0.2) is 0 Å². The van der Waals surface area contributed by atoms with E-state index in [0.29, 0.717) is 15.7 Å². The van der Waals surface area contributed by atoms with E-state index in [2.05, 4.69) is 17.3 Å². The molecule has 0 aliphatic carbocycles. The molecule has 19 heavy (non-hydrogen) atoms. The highest BCUT2D eigenvalue weighted by atomic mass is 35.5. The molecule has 4 nitrogen and oxygen atoms in total. The van der Waals surface area contributed by atoms with E-state index in [1.807, 2.05) is 11.0 Å². The first-order chi connectivity index (χ1) is 9.08. The van der Waals surface area contributed by atoms with E-state index in [-0.39, 0.29) is 12.5 Å². The Labute approximate surface area is 123 Å². The van der Waals surface area contributed by atoms with Gasteiger partial charge in [-0.1, -0.05) is 29.3 Å². The SMILES string of the molecule is CN1CCN(C(=O)CNc2cccc(Cl)c2Cl)CC1. The van der Waals surface area contributed by atoms with Crippen LogP contribution in [0, 0.1) is 0 Å². The van der Waals surface area contributed by atoms with Crippen LogP contribution >= 0.6 is 23.2 Å². The second kappa shape index (κ2) is 6.46. The summed E-state index contributed by atoms with van der Waals surface area (Å²) in [5, 5.41) is 3.98. The number of amides is 1. The average Bonchev–Trinajstić information content (AvgIpc) is 2.41. The summed E-state index contributed by atoms with van der Waals surface area (Å²) in [7, 11) is 2.06. The number of likely N-dealkylation sites (N-methyl/N-ethyl adjacent to an activating group) is 1. The van der Waals surface area contributed by atoms with E-state index in [1.54, 1.807) is 12.1 Å². The van der Waals surface area contributed by atoms with Crippen molar-refractivity contribution in [3.8, 4) is 0 Å². The van der Waals surface area contributed by atoms with Gasteiger partial charge in [0.25, 0.3) is 0 Å². The smallest absolute Gasteiger partial charge is 0.241 e. The number of halogens is 2. The molecule has 1 N–H and O–H groups in total. The Balaban J connectivity index is 1.88. The maximum Gasteiger partial charge on any atom is 0.241 e. The minimum absolute atomic E-state index is 0.0872. The number of piperazine rings is 1. The third-order valence-electron chi connectivity index (χ3n) is 3.24. The number of anilines is 1. The Hall–Kier alpha value is -0.970. The molecular formula is C13H17Cl2N3O. The van der Waals surface area contributed by atoms with Crippen molar-refractivity contribution in [1.29, 1.82) is 0 Å². The molecule has 6 heteroatoms. The van der Waals surface area contributed by atoms with Gasteiger partial charge in [0.1, 0.15) is 0 Å². The van der Waals surface area contributed by atoms with Crippen LogP contribution in [0.5, 0.6) is 0 Å². The lowest BCUT2D eigenvalue weighted by molar-refractivity contribution is -0.130. The zero-order valence-corrected chi connectivity index (χ0v) is 12.3. The molecule has 1 aromatic rings. The fraction of sp³-hybridized carbons (Fsp3) is 0.462. The predicted molar refractivity (Wildman–Crippen MR) is 79.0 cm³/mol. The molecule has 1 heterocycles. The van der Waals surface area contributed by atoms with Gasteiger partial charge in [0.05, 0.1) is 22.3 Å². The Morgan fingerprint density at radius 2 is 1.95 bits per heavy atom. The summed E-state index contributed by atoms with van der Waals surface area (Å²) in [6.45, 7) is 3.64. The molecule has 1 aliphatic rings. The summed E-state index contributed by atoms with van der Waals surface area (Å²) in [5.41, 5.74) is 0.691. The highest BCUT2D eigenvalue weighted by Crippen LogP contribution is 2.29. The molecule has 2 rings (SSSR count). The number of carbonyl (C=O) groups is 1. The summed E-state index contributed by atoms with van der Waals surface area (Å²) < 4.78 is 0. The lowest BCUT2D eigenvalue weighted by Crippen LogP contribution is -2.48. The molecule has 1 saturated heterocycles. The minimum Gasteiger partial charge on any atom is -0.375 e. The topological polar surface area (TPSA) is 35.6 Å². The van der Waals surface area contributed by atoms with Crippen LogP contribution in [-0.2, 0) is 4.79 Å². The third-order valence-corrected chi connectivity index (χ3v) is 4.06. The molecule has 0 radical (unpaired) electrons. The second-order valence-corrected chi connectivity index (χ2v) is 5.42. The molecule has 0 saturated carbocycles. The minimum atomic E-state index is 0.0872. The van der Waals surface area contributed by atoms with Gasteiger partial charge in [-0.2, -0.15) is 0 Å². The van der Waals surface area contributed by atoms with E-state index in [0.717, 1.165) is 26.2 Å². The van der Waals surface area contributed by atoms with Crippen molar-refractivity contribution in [3.05, 3.63) is 28.2 Å². The largest absolute Gasteiger partial charge is 0.375 e. The molecule has 1 amide bonds. The van der Waals surface area contributed by atoms with Gasteiger partial charge in [-0.15, -0.1) is 0 Å². The van der Waals surface area contributed by atoms with Crippen molar-refractivity contribution >= 4 is 34.8 Å². The van der Waals surface area contributed by atoms with Crippen LogP contribution in [0.15, 0.2) is 18.2 Å². The number of hydrogen-bond donors (Lipinski definition) is 1. The number of hydrogen-bond acceptors (Lipinski definition) is 3. The molecule has 0 aromatic heterocycles. The molecule has 1 fully saturated rings. The van der Waals surface area contributed by atoms with Crippen LogP contribution < -0.4 is 5.32 Å². The lowest BCUT2D eigenvalue weighted by Gasteiger charge is -2.32. The van der Waals surface area contributed by atoms with Crippen molar-refractivity contribution in [3.63, 3.8) is 0 Å². The summed E-state index contributed by atoms with van der Waals surface area (Å²) in [6.07, 6.45) is 0. The van der Waals surface area contributed by atoms with Crippen LogP contribution in [0.25, 0.3) is 0 Å². The van der Waals surface area contributed by atoms with Crippen LogP contribution in [-0.4, -0.2) is 55.5 Å². The number of benzene rings is 1. The van der Waals surface area contributed by atoms with Crippen LogP contribution in [0.4, 0.5) is 5.69 Å². The maximum absolute atomic E-state index is 12.0. The van der Waals surface area contributed by atoms with E-state index < -0.39 is 0 Å². The van der Waals surface area contributed by atoms with Crippen molar-refractivity contribution in [2.45, 2.75) is 0 Å². The summed E-state index contributed by atoms with van der Waals surface area (Å²) in [6, 6.07) is 5.33. The Morgan fingerprint density at radius 1 is 1.26 bits per heavy atom. The van der Waals surface area contributed by atoms with Crippen LogP contribution in [0.3, 0.4) is 0 Å². The van der Waals surface area contributed by atoms with Crippen LogP contribution in [0.1, 0.15) is 0 Å². The zero-order valence-electron chi connectivity index (χ0n) is 10.8. The first kappa shape index (κ1) is 14.4. The summed E-state index contributed by atoms with van der Waals surface area (Å²) >= 11 is 12.0. The predicted octanol–water partition coefficient (Wildman–Crippen LogP) is 2.18. The van der Waals surface area contributed by atoms with Crippen LogP contribution in [0.2, 0.25) is 10.0 Å². The fourth-order valence-corrected chi connectivity index (χ4v) is 2.35. The summed E-state index contributed by atoms with van der Waals surface area (Å²) in [5.74, 6) is 0.0872. The van der Waals surface area contributed by atoms with Gasteiger partial charge in [0.2, 0.25) is 5.91 Å². The highest BCUT2D eigenvalue weighted by molar-refractivity contribution is 6.43. The molecule has 0 spiro atoms. The standard InChI is InChI=1S/C13H17Cl2N3O/c1-17-5-7-18(8-6-17)12(19)9-16-11-4-2-3-10(14)13(11)15/h2-4,16H,5-9H2,1H3. The van der Waals surface area contributed by atoms with E-state index in [9.17, 15) is 4.79 Å². The normalized spacial score (nSPS) is 16.5. The van der Waals surface area contributed by atoms with E-state index in [4.69, 9.17) is 23.2 Å². The van der Waals surface area contributed by atoms with Gasteiger partial charge in [-0.25, -0.2) is 0 Å². The summed E-state index contributed by atoms with van der Waals surface area (Å²) in [4.78, 5) is 16.1. The Bertz CT molecular complexity index is 459. The number of carbonyl (C=O) groups excluding carboxylic acids is 1. The average molecular weight is 302 g/mol. The second-order valence-electron chi connectivity index (χ2n) is 4.64. The molecule has 0 unspecified atom stereocenters. The Kier molecular flexibility index (Phi) is 4.91. The first-order valence-corrected chi connectivity index (χ1v) is 6.97. The maximum atomic E-state index is 12.0. The number of nitrogens with zero attached hydrogens (tertiary/aromatic N) is 2. The zero-order chi connectivity index (χ0) is 13.8. The van der Waals surface area contributed by atoms with Crippen molar-refractivity contribution in [2.24, 2.45) is 0 Å². The molecular weight excluding hydrogens is 285 g/mol. The molecule has 0 atom stereocenters. The van der Waals surface area contributed by atoms with E-state index >= 15 is 0 Å². The van der Waals surface area contributed by atoms with Gasteiger partial charge in [0, 0.05) is 26.2 Å². The van der Waals surface area contributed by atoms with Crippen molar-refractivity contribution in [2.75, 3.05) is 45.1 Å². The van der Waals surface area contributed by atoms with Gasteiger partial charge in [-0.3, -0.25) is 4.79 Å². The number of nitrogens with one attached hydrogen (secondary N) is 1.